The number of primary amides is 1. The molecular formula is C29H35N7O2. The number of amides is 1. The minimum absolute atomic E-state index is 0.349. The van der Waals surface area contributed by atoms with Gasteiger partial charge in [0, 0.05) is 49.2 Å². The van der Waals surface area contributed by atoms with Crippen LogP contribution in [0.5, 0.6) is 0 Å². The summed E-state index contributed by atoms with van der Waals surface area (Å²) in [7, 11) is 0. The lowest BCUT2D eigenvalue weighted by Gasteiger charge is -2.35. The van der Waals surface area contributed by atoms with E-state index in [1.54, 1.807) is 4.52 Å². The van der Waals surface area contributed by atoms with Gasteiger partial charge in [-0.05, 0) is 54.6 Å². The summed E-state index contributed by atoms with van der Waals surface area (Å²) in [5.41, 5.74) is 18.6. The highest BCUT2D eigenvalue weighted by molar-refractivity contribution is 5.83. The maximum Gasteiger partial charge on any atom is 0.404 e. The van der Waals surface area contributed by atoms with Gasteiger partial charge in [-0.15, -0.1) is 0 Å². The standard InChI is InChI=1S/C29H35N7O2/c1-2-34-13-15-35(16-14-34)24-8-5-7-23(18-24)26-20-33-36-27(30)25(19-32-28(26)36)22-11-9-21(10-12-22)6-3-4-17-38-29(31)37/h5,7-12,18-20H,2-4,6,13-17,30H2,1H3,(H2,31,37). The van der Waals surface area contributed by atoms with E-state index in [0.717, 1.165) is 79.9 Å². The molecule has 4 aromatic rings. The molecule has 0 atom stereocenters. The first-order valence-electron chi connectivity index (χ1n) is 13.2. The fraction of sp³-hybridized carbons (Fsp3) is 0.345. The van der Waals surface area contributed by atoms with E-state index < -0.39 is 6.09 Å². The molecule has 0 spiro atoms. The maximum atomic E-state index is 10.7. The van der Waals surface area contributed by atoms with Crippen molar-refractivity contribution in [1.29, 1.82) is 0 Å². The van der Waals surface area contributed by atoms with E-state index in [0.29, 0.717) is 12.4 Å². The number of nitrogen functional groups attached to an aromatic ring is 1. The highest BCUT2D eigenvalue weighted by Crippen LogP contribution is 2.32. The number of likely N-dealkylation sites (N-methyl/N-ethyl adjacent to an activating group) is 1. The highest BCUT2D eigenvalue weighted by atomic mass is 16.5. The predicted molar refractivity (Wildman–Crippen MR) is 151 cm³/mol. The monoisotopic (exact) mass is 513 g/mol. The summed E-state index contributed by atoms with van der Waals surface area (Å²) in [5.74, 6) is 0.560. The number of anilines is 2. The van der Waals surface area contributed by atoms with E-state index in [1.807, 2.05) is 12.4 Å². The number of fused-ring (bicyclic) bond motifs is 1. The molecule has 3 heterocycles. The summed E-state index contributed by atoms with van der Waals surface area (Å²) in [6.07, 6.45) is 5.54. The number of hydrogen-bond donors (Lipinski definition) is 2. The van der Waals surface area contributed by atoms with Gasteiger partial charge in [0.2, 0.25) is 0 Å². The topological polar surface area (TPSA) is 115 Å². The smallest absolute Gasteiger partial charge is 0.404 e. The van der Waals surface area contributed by atoms with Crippen molar-refractivity contribution < 1.29 is 9.53 Å². The molecule has 0 saturated carbocycles. The maximum absolute atomic E-state index is 10.7. The van der Waals surface area contributed by atoms with Crippen molar-refractivity contribution in [2.45, 2.75) is 26.2 Å². The third-order valence-electron chi connectivity index (χ3n) is 7.27. The van der Waals surface area contributed by atoms with Crippen molar-refractivity contribution in [3.8, 4) is 22.3 Å². The van der Waals surface area contributed by atoms with Crippen LogP contribution in [0.15, 0.2) is 60.9 Å². The molecule has 1 saturated heterocycles. The van der Waals surface area contributed by atoms with Gasteiger partial charge in [-0.3, -0.25) is 0 Å². The molecule has 38 heavy (non-hydrogen) atoms. The number of ether oxygens (including phenoxy) is 1. The molecule has 5 rings (SSSR count). The van der Waals surface area contributed by atoms with Crippen LogP contribution in [0.1, 0.15) is 25.3 Å². The molecule has 4 N–H and O–H groups in total. The van der Waals surface area contributed by atoms with Crippen molar-refractivity contribution in [2.75, 3.05) is 50.0 Å². The lowest BCUT2D eigenvalue weighted by Crippen LogP contribution is -2.46. The predicted octanol–water partition coefficient (Wildman–Crippen LogP) is 4.21. The molecule has 1 aliphatic rings. The first-order valence-corrected chi connectivity index (χ1v) is 13.2. The lowest BCUT2D eigenvalue weighted by atomic mass is 10.0. The number of carbonyl (C=O) groups is 1. The van der Waals surface area contributed by atoms with E-state index in [9.17, 15) is 4.79 Å². The van der Waals surface area contributed by atoms with Gasteiger partial charge in [0.05, 0.1) is 12.8 Å². The number of unbranched alkanes of at least 4 members (excludes halogenated alkanes) is 1. The Balaban J connectivity index is 1.31. The number of benzene rings is 2. The third-order valence-corrected chi connectivity index (χ3v) is 7.27. The van der Waals surface area contributed by atoms with Crippen molar-refractivity contribution in [3.63, 3.8) is 0 Å². The first-order chi connectivity index (χ1) is 18.5. The van der Waals surface area contributed by atoms with Crippen LogP contribution in [0.3, 0.4) is 0 Å². The molecule has 9 nitrogen and oxygen atoms in total. The van der Waals surface area contributed by atoms with Gasteiger partial charge in [-0.2, -0.15) is 9.61 Å². The van der Waals surface area contributed by atoms with E-state index in [-0.39, 0.29) is 0 Å². The minimum atomic E-state index is -0.726. The quantitative estimate of drug-likeness (QED) is 0.322. The van der Waals surface area contributed by atoms with Crippen LogP contribution < -0.4 is 16.4 Å². The van der Waals surface area contributed by atoms with Gasteiger partial charge < -0.3 is 26.0 Å². The van der Waals surface area contributed by atoms with Gasteiger partial charge in [0.25, 0.3) is 0 Å². The molecule has 2 aromatic heterocycles. The highest BCUT2D eigenvalue weighted by Gasteiger charge is 2.18. The minimum Gasteiger partial charge on any atom is -0.450 e. The molecule has 1 amide bonds. The molecule has 1 aliphatic heterocycles. The van der Waals surface area contributed by atoms with Crippen LogP contribution in [0.2, 0.25) is 0 Å². The van der Waals surface area contributed by atoms with Crippen molar-refractivity contribution >= 4 is 23.2 Å². The fourth-order valence-corrected chi connectivity index (χ4v) is 5.02. The fourth-order valence-electron chi connectivity index (χ4n) is 5.02. The molecule has 9 heteroatoms. The lowest BCUT2D eigenvalue weighted by molar-refractivity contribution is 0.154. The molecule has 0 radical (unpaired) electrons. The van der Waals surface area contributed by atoms with Crippen molar-refractivity contribution in [1.82, 2.24) is 19.5 Å². The average Bonchev–Trinajstić information content (AvgIpc) is 3.39. The van der Waals surface area contributed by atoms with Gasteiger partial charge in [-0.25, -0.2) is 9.78 Å². The van der Waals surface area contributed by atoms with Crippen LogP contribution in [0, 0.1) is 0 Å². The second-order valence-electron chi connectivity index (χ2n) is 9.64. The number of aromatic nitrogens is 3. The summed E-state index contributed by atoms with van der Waals surface area (Å²) in [6.45, 7) is 7.91. The van der Waals surface area contributed by atoms with Crippen LogP contribution in [-0.2, 0) is 11.2 Å². The SMILES string of the molecule is CCN1CCN(c2cccc(-c3cnn4c(N)c(-c5ccc(CCCCOC(N)=O)cc5)cnc34)c2)CC1. The molecule has 198 valence electrons. The Bertz CT molecular complexity index is 1390. The molecule has 2 aromatic carbocycles. The number of nitrogens with two attached hydrogens (primary N) is 2. The second-order valence-corrected chi connectivity index (χ2v) is 9.64. The van der Waals surface area contributed by atoms with E-state index in [2.05, 4.69) is 70.4 Å². The first kappa shape index (κ1) is 25.5. The van der Waals surface area contributed by atoms with Gasteiger partial charge in [0.1, 0.15) is 5.82 Å². The summed E-state index contributed by atoms with van der Waals surface area (Å²) < 4.78 is 6.51. The third kappa shape index (κ3) is 5.57. The number of aryl methyl sites for hydroxylation is 1. The summed E-state index contributed by atoms with van der Waals surface area (Å²) in [4.78, 5) is 20.4. The van der Waals surface area contributed by atoms with E-state index in [4.69, 9.17) is 21.2 Å². The molecule has 1 fully saturated rings. The molecule has 0 aliphatic carbocycles. The average molecular weight is 514 g/mol. The van der Waals surface area contributed by atoms with Crippen LogP contribution >= 0.6 is 0 Å². The Morgan fingerprint density at radius 2 is 1.76 bits per heavy atom. The summed E-state index contributed by atoms with van der Waals surface area (Å²) in [5, 5.41) is 4.60. The number of piperazine rings is 1. The molecular weight excluding hydrogens is 478 g/mol. The van der Waals surface area contributed by atoms with E-state index in [1.165, 1.54) is 11.3 Å². The number of nitrogens with zero attached hydrogens (tertiary/aromatic N) is 5. The van der Waals surface area contributed by atoms with Gasteiger partial charge >= 0.3 is 6.09 Å². The van der Waals surface area contributed by atoms with Crippen LogP contribution in [-0.4, -0.2) is 64.9 Å². The Labute approximate surface area is 223 Å². The summed E-state index contributed by atoms with van der Waals surface area (Å²) >= 11 is 0. The van der Waals surface area contributed by atoms with Gasteiger partial charge in [0.15, 0.2) is 5.65 Å². The Kier molecular flexibility index (Phi) is 7.74. The summed E-state index contributed by atoms with van der Waals surface area (Å²) in [6, 6.07) is 16.9. The van der Waals surface area contributed by atoms with Gasteiger partial charge in [-0.1, -0.05) is 43.3 Å². The van der Waals surface area contributed by atoms with Crippen molar-refractivity contribution in [2.24, 2.45) is 5.73 Å². The van der Waals surface area contributed by atoms with Crippen LogP contribution in [0.4, 0.5) is 16.3 Å². The Morgan fingerprint density at radius 1 is 0.974 bits per heavy atom. The normalized spacial score (nSPS) is 14.2. The largest absolute Gasteiger partial charge is 0.450 e. The van der Waals surface area contributed by atoms with E-state index >= 15 is 0 Å². The Morgan fingerprint density at radius 3 is 2.50 bits per heavy atom. The zero-order valence-corrected chi connectivity index (χ0v) is 21.8. The number of rotatable bonds is 9. The number of carbonyl (C=O) groups excluding carboxylic acids is 1. The Hall–Kier alpha value is -4.11. The number of hydrogen-bond acceptors (Lipinski definition) is 7. The molecule has 0 unspecified atom stereocenters. The molecule has 0 bridgehead atoms. The van der Waals surface area contributed by atoms with Crippen molar-refractivity contribution in [3.05, 3.63) is 66.5 Å². The zero-order valence-electron chi connectivity index (χ0n) is 21.8. The zero-order chi connectivity index (χ0) is 26.5. The second kappa shape index (κ2) is 11.5. The van der Waals surface area contributed by atoms with Crippen LogP contribution in [0.25, 0.3) is 27.9 Å².